The van der Waals surface area contributed by atoms with Crippen LogP contribution in [0.1, 0.15) is 99.6 Å². The molecule has 0 N–H and O–H groups in total. The lowest BCUT2D eigenvalue weighted by atomic mass is 9.82. The Kier molecular flexibility index (Phi) is 7.16. The van der Waals surface area contributed by atoms with E-state index in [4.69, 9.17) is 0 Å². The summed E-state index contributed by atoms with van der Waals surface area (Å²) in [7, 11) is 0. The van der Waals surface area contributed by atoms with Gasteiger partial charge in [-0.25, -0.2) is 0 Å². The second-order valence-electron chi connectivity index (χ2n) is 8.18. The summed E-state index contributed by atoms with van der Waals surface area (Å²) < 4.78 is 0. The molecule has 0 aromatic heterocycles. The van der Waals surface area contributed by atoms with Crippen molar-refractivity contribution in [2.45, 2.75) is 98.3 Å². The minimum atomic E-state index is 1.15. The number of hydrogen-bond acceptors (Lipinski definition) is 0. The van der Waals surface area contributed by atoms with Crippen molar-refractivity contribution in [3.05, 3.63) is 57.6 Å². The molecule has 3 rings (SSSR count). The fraction of sp³-hybridized carbons (Fsp3) is 0.556. The van der Waals surface area contributed by atoms with Gasteiger partial charge in [-0.15, -0.1) is 0 Å². The van der Waals surface area contributed by atoms with Crippen LogP contribution >= 0.6 is 0 Å². The van der Waals surface area contributed by atoms with Crippen LogP contribution in [-0.2, 0) is 32.1 Å². The van der Waals surface area contributed by atoms with Crippen LogP contribution in [0, 0.1) is 0 Å². The van der Waals surface area contributed by atoms with Crippen molar-refractivity contribution in [3.63, 3.8) is 0 Å². The third-order valence-corrected chi connectivity index (χ3v) is 6.56. The van der Waals surface area contributed by atoms with Crippen molar-refractivity contribution in [1.29, 1.82) is 0 Å². The summed E-state index contributed by atoms with van der Waals surface area (Å²) in [6.45, 7) is 9.38. The summed E-state index contributed by atoms with van der Waals surface area (Å²) in [4.78, 5) is 0. The zero-order chi connectivity index (χ0) is 19.2. The Bertz CT molecular complexity index is 766. The summed E-state index contributed by atoms with van der Waals surface area (Å²) >= 11 is 0. The Labute approximate surface area is 167 Å². The van der Waals surface area contributed by atoms with Crippen molar-refractivity contribution < 1.29 is 0 Å². The molecule has 0 aliphatic heterocycles. The predicted octanol–water partition coefficient (Wildman–Crippen LogP) is 7.85. The highest BCUT2D eigenvalue weighted by Crippen LogP contribution is 2.44. The molecule has 0 radical (unpaired) electrons. The van der Waals surface area contributed by atoms with Crippen molar-refractivity contribution in [2.75, 3.05) is 0 Å². The van der Waals surface area contributed by atoms with Gasteiger partial charge in [-0.05, 0) is 83.0 Å². The Hall–Kier alpha value is -1.56. The first-order chi connectivity index (χ1) is 13.3. The summed E-state index contributed by atoms with van der Waals surface area (Å²) in [5.41, 5.74) is 13.1. The van der Waals surface area contributed by atoms with Gasteiger partial charge in [0.15, 0.2) is 0 Å². The second-order valence-corrected chi connectivity index (χ2v) is 8.18. The van der Waals surface area contributed by atoms with Gasteiger partial charge in [0, 0.05) is 0 Å². The van der Waals surface area contributed by atoms with Crippen molar-refractivity contribution in [1.82, 2.24) is 0 Å². The van der Waals surface area contributed by atoms with Crippen LogP contribution < -0.4 is 0 Å². The normalized spacial score (nSPS) is 12.3. The van der Waals surface area contributed by atoms with Gasteiger partial charge in [-0.2, -0.15) is 0 Å². The predicted molar refractivity (Wildman–Crippen MR) is 120 cm³/mol. The first-order valence-electron chi connectivity index (χ1n) is 11.5. The van der Waals surface area contributed by atoms with Gasteiger partial charge in [-0.1, -0.05) is 84.1 Å². The largest absolute Gasteiger partial charge is 0.0654 e. The summed E-state index contributed by atoms with van der Waals surface area (Å²) in [6, 6.07) is 9.14. The number of unbranched alkanes of at least 4 members (excludes halogenated alkanes) is 5. The molecule has 0 atom stereocenters. The topological polar surface area (TPSA) is 0 Å². The van der Waals surface area contributed by atoms with Crippen LogP contribution in [0.25, 0.3) is 11.1 Å². The molecular weight excluding hydrogens is 324 g/mol. The standard InChI is InChI=1S/C27H38/c1-5-9-10-11-12-13-18-25-22(7-3)21(6-2)23(8-4)27-24-17-15-14-16-20(24)19-26(25)27/h14-17H,5-13,18-19H2,1-4H3. The monoisotopic (exact) mass is 362 g/mol. The zero-order valence-corrected chi connectivity index (χ0v) is 18.1. The summed E-state index contributed by atoms with van der Waals surface area (Å²) in [6.07, 6.45) is 14.3. The fourth-order valence-electron chi connectivity index (χ4n) is 5.29. The van der Waals surface area contributed by atoms with Gasteiger partial charge in [0.2, 0.25) is 0 Å². The average Bonchev–Trinajstić information content (AvgIpc) is 3.08. The smallest absolute Gasteiger partial charge is 0.00105 e. The molecule has 1 aliphatic carbocycles. The van der Waals surface area contributed by atoms with Crippen molar-refractivity contribution in [2.24, 2.45) is 0 Å². The SMILES string of the molecule is CCCCCCCCc1c(CC)c(CC)c(CC)c2c1Cc1ccccc1-2. The molecule has 0 bridgehead atoms. The van der Waals surface area contributed by atoms with E-state index in [1.807, 2.05) is 0 Å². The molecule has 146 valence electrons. The fourth-order valence-corrected chi connectivity index (χ4v) is 5.29. The molecule has 0 nitrogen and oxygen atoms in total. The van der Waals surface area contributed by atoms with Gasteiger partial charge in [-0.3, -0.25) is 0 Å². The van der Waals surface area contributed by atoms with Gasteiger partial charge in [0.1, 0.15) is 0 Å². The van der Waals surface area contributed by atoms with E-state index in [-0.39, 0.29) is 0 Å². The number of hydrogen-bond donors (Lipinski definition) is 0. The van der Waals surface area contributed by atoms with Crippen molar-refractivity contribution >= 4 is 0 Å². The molecule has 0 saturated heterocycles. The first-order valence-corrected chi connectivity index (χ1v) is 11.5. The molecule has 0 spiro atoms. The summed E-state index contributed by atoms with van der Waals surface area (Å²) in [5, 5.41) is 0. The van der Waals surface area contributed by atoms with E-state index < -0.39 is 0 Å². The Balaban J connectivity index is 1.98. The number of fused-ring (bicyclic) bond motifs is 3. The molecule has 2 aromatic carbocycles. The van der Waals surface area contributed by atoms with Gasteiger partial charge in [0.25, 0.3) is 0 Å². The van der Waals surface area contributed by atoms with Crippen LogP contribution in [0.15, 0.2) is 24.3 Å². The van der Waals surface area contributed by atoms with E-state index in [1.165, 1.54) is 63.4 Å². The number of benzene rings is 2. The second kappa shape index (κ2) is 9.58. The quantitative estimate of drug-likeness (QED) is 0.322. The van der Waals surface area contributed by atoms with Gasteiger partial charge >= 0.3 is 0 Å². The molecule has 0 heterocycles. The third-order valence-electron chi connectivity index (χ3n) is 6.56. The zero-order valence-electron chi connectivity index (χ0n) is 18.1. The van der Waals surface area contributed by atoms with Crippen LogP contribution in [-0.4, -0.2) is 0 Å². The molecule has 0 heteroatoms. The third kappa shape index (κ3) is 4.00. The molecule has 0 saturated carbocycles. The Morgan fingerprint density at radius 3 is 2.00 bits per heavy atom. The minimum absolute atomic E-state index is 1.15. The highest BCUT2D eigenvalue weighted by Gasteiger charge is 2.27. The Morgan fingerprint density at radius 2 is 1.30 bits per heavy atom. The molecule has 0 fully saturated rings. The molecule has 0 unspecified atom stereocenters. The maximum Gasteiger partial charge on any atom is -0.00105 e. The van der Waals surface area contributed by atoms with Gasteiger partial charge in [0.05, 0.1) is 0 Å². The van der Waals surface area contributed by atoms with E-state index >= 15 is 0 Å². The van der Waals surface area contributed by atoms with Crippen LogP contribution in [0.2, 0.25) is 0 Å². The van der Waals surface area contributed by atoms with Crippen LogP contribution in [0.5, 0.6) is 0 Å². The summed E-state index contributed by atoms with van der Waals surface area (Å²) in [5.74, 6) is 0. The maximum atomic E-state index is 2.37. The molecule has 2 aromatic rings. The van der Waals surface area contributed by atoms with E-state index in [1.54, 1.807) is 38.9 Å². The maximum absolute atomic E-state index is 2.37. The van der Waals surface area contributed by atoms with E-state index in [9.17, 15) is 0 Å². The minimum Gasteiger partial charge on any atom is -0.0654 e. The van der Waals surface area contributed by atoms with E-state index in [0.717, 1.165) is 12.8 Å². The van der Waals surface area contributed by atoms with Gasteiger partial charge < -0.3 is 0 Å². The highest BCUT2D eigenvalue weighted by atomic mass is 14.3. The van der Waals surface area contributed by atoms with E-state index in [2.05, 4.69) is 52.0 Å². The van der Waals surface area contributed by atoms with Crippen LogP contribution in [0.4, 0.5) is 0 Å². The lowest BCUT2D eigenvalue weighted by molar-refractivity contribution is 0.605. The highest BCUT2D eigenvalue weighted by molar-refractivity contribution is 5.82. The van der Waals surface area contributed by atoms with Crippen molar-refractivity contribution in [3.8, 4) is 11.1 Å². The molecule has 0 amide bonds. The molecule has 1 aliphatic rings. The molecular formula is C27H38. The lowest BCUT2D eigenvalue weighted by Crippen LogP contribution is -2.08. The Morgan fingerprint density at radius 1 is 0.667 bits per heavy atom. The van der Waals surface area contributed by atoms with Crippen LogP contribution in [0.3, 0.4) is 0 Å². The van der Waals surface area contributed by atoms with E-state index in [0.29, 0.717) is 0 Å². The lowest BCUT2D eigenvalue weighted by Gasteiger charge is -2.23. The first kappa shape index (κ1) is 20.2. The molecule has 27 heavy (non-hydrogen) atoms. The average molecular weight is 363 g/mol. The number of rotatable bonds is 10.